The molecule has 2 aliphatic carbocycles. The average molecular weight is 315 g/mol. The molecule has 0 amide bonds. The summed E-state index contributed by atoms with van der Waals surface area (Å²) in [7, 11) is 0. The molecular weight excluding hydrogens is 291 g/mol. The van der Waals surface area contributed by atoms with E-state index in [1.54, 1.807) is 13.8 Å². The number of rotatable bonds is 2. The van der Waals surface area contributed by atoms with Gasteiger partial charge in [-0.05, 0) is 46.0 Å². The van der Waals surface area contributed by atoms with Crippen molar-refractivity contribution < 1.29 is 29.7 Å². The second-order valence-electron chi connectivity index (χ2n) is 4.43. The van der Waals surface area contributed by atoms with Crippen LogP contribution in [-0.4, -0.2) is 22.4 Å². The third kappa shape index (κ3) is 23.7. The third-order valence-corrected chi connectivity index (χ3v) is 1.89. The van der Waals surface area contributed by atoms with E-state index in [4.69, 9.17) is 10.2 Å². The molecule has 2 rings (SSSR count). The van der Waals surface area contributed by atoms with Gasteiger partial charge in [0.15, 0.2) is 0 Å². The number of aliphatic hydroxyl groups is 2. The first-order chi connectivity index (χ1) is 6.91. The zero-order valence-corrected chi connectivity index (χ0v) is 12.0. The van der Waals surface area contributed by atoms with Crippen LogP contribution in [0.1, 0.15) is 46.0 Å². The summed E-state index contributed by atoms with van der Waals surface area (Å²) in [6, 6.07) is 0. The van der Waals surface area contributed by atoms with Crippen molar-refractivity contribution in [3.63, 3.8) is 0 Å². The monoisotopic (exact) mass is 315 g/mol. The van der Waals surface area contributed by atoms with Gasteiger partial charge in [-0.25, -0.2) is 0 Å². The number of hydrogen-bond acceptors (Lipinski definition) is 2. The first-order valence-electron chi connectivity index (χ1n) is 5.61. The normalized spacial score (nSPS) is 19.0. The Balaban J connectivity index is 0. The molecule has 2 unspecified atom stereocenters. The van der Waals surface area contributed by atoms with Gasteiger partial charge in [-0.15, -0.1) is 0 Å². The maximum atomic E-state index is 8.56. The van der Waals surface area contributed by atoms with Crippen LogP contribution in [0.25, 0.3) is 0 Å². The summed E-state index contributed by atoms with van der Waals surface area (Å²) >= 11 is 0. The second kappa shape index (κ2) is 10.2. The molecule has 2 nitrogen and oxygen atoms in total. The van der Waals surface area contributed by atoms with Gasteiger partial charge < -0.3 is 10.2 Å². The fourth-order valence-electron chi connectivity index (χ4n) is 0.670. The molecule has 2 aliphatic rings. The summed E-state index contributed by atoms with van der Waals surface area (Å²) in [5, 5.41) is 17.1. The van der Waals surface area contributed by atoms with Crippen LogP contribution in [0.15, 0.2) is 24.3 Å². The molecule has 1 radical (unpaired) electrons. The average Bonchev–Trinajstić information content (AvgIpc) is 2.91. The van der Waals surface area contributed by atoms with E-state index in [1.165, 1.54) is 36.8 Å². The largest absolute Gasteiger partial charge is 0.393 e. The van der Waals surface area contributed by atoms with Crippen LogP contribution in [0.2, 0.25) is 0 Å². The standard InChI is InChI=1S/C5H12O2.2C4H6.Rh/c1-4(6)3-5(2)7;2*1-4-2-3-4;/h4-7H,3H2,1-2H3;2*1-3H2;. The van der Waals surface area contributed by atoms with E-state index in [9.17, 15) is 0 Å². The summed E-state index contributed by atoms with van der Waals surface area (Å²) in [5.41, 5.74) is 2.83. The van der Waals surface area contributed by atoms with Crippen LogP contribution >= 0.6 is 0 Å². The zero-order chi connectivity index (χ0) is 11.8. The first-order valence-corrected chi connectivity index (χ1v) is 5.61. The maximum Gasteiger partial charge on any atom is 0.0536 e. The summed E-state index contributed by atoms with van der Waals surface area (Å²) in [6.45, 7) is 10.7. The smallest absolute Gasteiger partial charge is 0.0536 e. The molecule has 0 aromatic heterocycles. The second-order valence-corrected chi connectivity index (χ2v) is 4.43. The summed E-state index contributed by atoms with van der Waals surface area (Å²) in [5.74, 6) is 0. The van der Waals surface area contributed by atoms with Gasteiger partial charge in [0.25, 0.3) is 0 Å². The molecule has 0 heterocycles. The van der Waals surface area contributed by atoms with Gasteiger partial charge in [0, 0.05) is 19.5 Å². The molecule has 0 saturated heterocycles. The topological polar surface area (TPSA) is 40.5 Å². The van der Waals surface area contributed by atoms with Crippen molar-refractivity contribution in [2.45, 2.75) is 58.2 Å². The minimum Gasteiger partial charge on any atom is -0.393 e. The van der Waals surface area contributed by atoms with Gasteiger partial charge in [0.2, 0.25) is 0 Å². The van der Waals surface area contributed by atoms with Crippen molar-refractivity contribution in [3.05, 3.63) is 24.3 Å². The zero-order valence-electron chi connectivity index (χ0n) is 10.3. The Labute approximate surface area is 112 Å². The molecule has 0 aliphatic heterocycles. The molecule has 2 atom stereocenters. The van der Waals surface area contributed by atoms with Crippen molar-refractivity contribution in [2.75, 3.05) is 0 Å². The fraction of sp³-hybridized carbons (Fsp3) is 0.692. The van der Waals surface area contributed by atoms with Crippen molar-refractivity contribution in [1.82, 2.24) is 0 Å². The Morgan fingerprint density at radius 2 is 1.12 bits per heavy atom. The van der Waals surface area contributed by atoms with E-state index in [0.717, 1.165) is 0 Å². The van der Waals surface area contributed by atoms with Crippen molar-refractivity contribution in [3.8, 4) is 0 Å². The summed E-state index contributed by atoms with van der Waals surface area (Å²) in [4.78, 5) is 0. The Morgan fingerprint density at radius 3 is 1.12 bits per heavy atom. The molecular formula is C13H24O2Rh. The van der Waals surface area contributed by atoms with E-state index in [-0.39, 0.29) is 31.7 Å². The fourth-order valence-corrected chi connectivity index (χ4v) is 0.670. The van der Waals surface area contributed by atoms with Crippen molar-refractivity contribution >= 4 is 0 Å². The third-order valence-electron chi connectivity index (χ3n) is 1.89. The van der Waals surface area contributed by atoms with Gasteiger partial charge in [-0.1, -0.05) is 24.3 Å². The van der Waals surface area contributed by atoms with E-state index < -0.39 is 0 Å². The van der Waals surface area contributed by atoms with E-state index in [2.05, 4.69) is 13.2 Å². The SMILES string of the molecule is C=C1CC1.C=C1CC1.CC(O)CC(C)O.[Rh]. The predicted molar refractivity (Wildman–Crippen MR) is 64.7 cm³/mol. The Bertz CT molecular complexity index is 176. The molecule has 2 saturated carbocycles. The van der Waals surface area contributed by atoms with Crippen LogP contribution in [-0.2, 0) is 19.5 Å². The molecule has 97 valence electrons. The van der Waals surface area contributed by atoms with E-state index >= 15 is 0 Å². The molecule has 3 heteroatoms. The molecule has 0 aromatic carbocycles. The van der Waals surface area contributed by atoms with Crippen molar-refractivity contribution in [1.29, 1.82) is 0 Å². The molecule has 0 aromatic rings. The van der Waals surface area contributed by atoms with E-state index in [0.29, 0.717) is 6.42 Å². The van der Waals surface area contributed by atoms with E-state index in [1.807, 2.05) is 0 Å². The predicted octanol–water partition coefficient (Wildman–Crippen LogP) is 2.81. The van der Waals surface area contributed by atoms with Crippen LogP contribution in [0.4, 0.5) is 0 Å². The molecule has 0 spiro atoms. The van der Waals surface area contributed by atoms with Gasteiger partial charge in [0.05, 0.1) is 12.2 Å². The maximum absolute atomic E-state index is 8.56. The Morgan fingerprint density at radius 1 is 0.938 bits per heavy atom. The summed E-state index contributed by atoms with van der Waals surface area (Å²) < 4.78 is 0. The molecule has 0 bridgehead atoms. The van der Waals surface area contributed by atoms with Crippen LogP contribution in [0.3, 0.4) is 0 Å². The van der Waals surface area contributed by atoms with Gasteiger partial charge in [-0.3, -0.25) is 0 Å². The quantitative estimate of drug-likeness (QED) is 0.608. The van der Waals surface area contributed by atoms with Crippen molar-refractivity contribution in [2.24, 2.45) is 0 Å². The summed E-state index contributed by atoms with van der Waals surface area (Å²) in [6.07, 6.45) is 4.89. The van der Waals surface area contributed by atoms with Gasteiger partial charge in [0.1, 0.15) is 0 Å². The number of aliphatic hydroxyl groups excluding tert-OH is 2. The van der Waals surface area contributed by atoms with Crippen LogP contribution in [0.5, 0.6) is 0 Å². The Kier molecular flexibility index (Phi) is 11.7. The molecule has 2 N–H and O–H groups in total. The van der Waals surface area contributed by atoms with Crippen LogP contribution in [0, 0.1) is 0 Å². The molecule has 16 heavy (non-hydrogen) atoms. The first kappa shape index (κ1) is 18.4. The van der Waals surface area contributed by atoms with Gasteiger partial charge >= 0.3 is 0 Å². The molecule has 2 fully saturated rings. The minimum absolute atomic E-state index is 0. The van der Waals surface area contributed by atoms with Crippen LogP contribution < -0.4 is 0 Å². The minimum atomic E-state index is -0.375. The number of hydrogen-bond donors (Lipinski definition) is 2. The Hall–Kier alpha value is 0.0234. The number of allylic oxidation sites excluding steroid dienone is 2. The van der Waals surface area contributed by atoms with Gasteiger partial charge in [-0.2, -0.15) is 0 Å².